The Hall–Kier alpha value is -1.89. The zero-order valence-electron chi connectivity index (χ0n) is 10.6. The van der Waals surface area contributed by atoms with Crippen LogP contribution in [-0.2, 0) is 6.54 Å². The molecule has 2 aromatic rings. The first-order valence-electron chi connectivity index (χ1n) is 5.65. The molecule has 0 unspecified atom stereocenters. The van der Waals surface area contributed by atoms with Gasteiger partial charge in [0.2, 0.25) is 0 Å². The number of H-pyrrole nitrogens is 1. The number of nitrogen functional groups attached to an aromatic ring is 1. The number of amides is 1. The summed E-state index contributed by atoms with van der Waals surface area (Å²) in [6.07, 6.45) is 0. The maximum absolute atomic E-state index is 12.2. The van der Waals surface area contributed by atoms with Crippen LogP contribution in [0, 0.1) is 6.92 Å². The molecule has 1 amide bonds. The normalized spacial score (nSPS) is 10.5. The summed E-state index contributed by atoms with van der Waals surface area (Å²) in [5.41, 5.74) is 6.86. The van der Waals surface area contributed by atoms with Crippen LogP contribution in [0.5, 0.6) is 0 Å². The van der Waals surface area contributed by atoms with Gasteiger partial charge in [-0.1, -0.05) is 0 Å². The van der Waals surface area contributed by atoms with Gasteiger partial charge in [0, 0.05) is 22.8 Å². The molecule has 0 aliphatic heterocycles. The van der Waals surface area contributed by atoms with Gasteiger partial charge < -0.3 is 10.6 Å². The van der Waals surface area contributed by atoms with E-state index in [0.29, 0.717) is 28.1 Å². The second-order valence-corrected chi connectivity index (χ2v) is 5.09. The fourth-order valence-electron chi connectivity index (χ4n) is 1.62. The topological polar surface area (TPSA) is 87.9 Å². The van der Waals surface area contributed by atoms with Crippen LogP contribution in [0.2, 0.25) is 0 Å². The summed E-state index contributed by atoms with van der Waals surface area (Å²) in [5, 5.41) is 6.75. The average Bonchev–Trinajstić information content (AvgIpc) is 2.77. The maximum Gasteiger partial charge on any atom is 0.254 e. The first kappa shape index (κ1) is 13.5. The number of aryl methyl sites for hydroxylation is 1. The van der Waals surface area contributed by atoms with Gasteiger partial charge >= 0.3 is 0 Å². The van der Waals surface area contributed by atoms with E-state index in [1.807, 2.05) is 6.92 Å². The fraction of sp³-hybridized carbons (Fsp3) is 0.250. The molecular formula is C12H14BrN5O. The Morgan fingerprint density at radius 1 is 1.53 bits per heavy atom. The first-order valence-corrected chi connectivity index (χ1v) is 6.45. The van der Waals surface area contributed by atoms with E-state index in [4.69, 9.17) is 5.73 Å². The Morgan fingerprint density at radius 2 is 2.26 bits per heavy atom. The van der Waals surface area contributed by atoms with Crippen LogP contribution < -0.4 is 5.73 Å². The van der Waals surface area contributed by atoms with E-state index in [1.54, 1.807) is 30.1 Å². The van der Waals surface area contributed by atoms with Crippen LogP contribution in [-0.4, -0.2) is 33.0 Å². The van der Waals surface area contributed by atoms with Crippen LogP contribution in [0.15, 0.2) is 22.7 Å². The van der Waals surface area contributed by atoms with E-state index in [2.05, 4.69) is 31.1 Å². The number of nitrogens with one attached hydrogen (secondary N) is 1. The molecule has 0 radical (unpaired) electrons. The van der Waals surface area contributed by atoms with Crippen molar-refractivity contribution in [1.82, 2.24) is 20.1 Å². The summed E-state index contributed by atoms with van der Waals surface area (Å²) in [7, 11) is 1.71. The lowest BCUT2D eigenvalue weighted by molar-refractivity contribution is 0.0781. The molecule has 7 heteroatoms. The molecule has 1 heterocycles. The Bertz CT molecular complexity index is 610. The van der Waals surface area contributed by atoms with Crippen LogP contribution in [0.3, 0.4) is 0 Å². The van der Waals surface area contributed by atoms with Crippen molar-refractivity contribution in [2.24, 2.45) is 0 Å². The van der Waals surface area contributed by atoms with Crippen molar-refractivity contribution in [3.63, 3.8) is 0 Å². The third kappa shape index (κ3) is 3.11. The number of benzene rings is 1. The molecule has 0 saturated heterocycles. The lowest BCUT2D eigenvalue weighted by Crippen LogP contribution is -2.26. The molecule has 19 heavy (non-hydrogen) atoms. The molecule has 100 valence electrons. The van der Waals surface area contributed by atoms with Gasteiger partial charge in [-0.3, -0.25) is 9.89 Å². The summed E-state index contributed by atoms with van der Waals surface area (Å²) < 4.78 is 0.709. The van der Waals surface area contributed by atoms with Crippen molar-refractivity contribution in [2.75, 3.05) is 12.8 Å². The minimum absolute atomic E-state index is 0.108. The predicted molar refractivity (Wildman–Crippen MR) is 75.5 cm³/mol. The molecule has 2 rings (SSSR count). The van der Waals surface area contributed by atoms with E-state index < -0.39 is 0 Å². The minimum atomic E-state index is -0.108. The summed E-state index contributed by atoms with van der Waals surface area (Å²) >= 11 is 3.31. The standard InChI is InChI=1S/C12H14BrN5O/c1-7-15-11(17-16-7)6-18(2)12(19)8-3-4-10(14)9(13)5-8/h3-5H,6,14H2,1-2H3,(H,15,16,17). The Morgan fingerprint density at radius 3 is 2.84 bits per heavy atom. The van der Waals surface area contributed by atoms with Crippen molar-refractivity contribution in [3.8, 4) is 0 Å². The Balaban J connectivity index is 2.12. The van der Waals surface area contributed by atoms with E-state index in [0.717, 1.165) is 5.82 Å². The van der Waals surface area contributed by atoms with Crippen LogP contribution in [0.25, 0.3) is 0 Å². The molecule has 1 aromatic carbocycles. The zero-order valence-corrected chi connectivity index (χ0v) is 12.2. The van der Waals surface area contributed by atoms with E-state index in [9.17, 15) is 4.79 Å². The van der Waals surface area contributed by atoms with E-state index in [1.165, 1.54) is 0 Å². The molecule has 0 fully saturated rings. The van der Waals surface area contributed by atoms with Gasteiger partial charge in [-0.2, -0.15) is 5.10 Å². The fourth-order valence-corrected chi connectivity index (χ4v) is 2.00. The first-order chi connectivity index (χ1) is 8.97. The lowest BCUT2D eigenvalue weighted by atomic mass is 10.2. The van der Waals surface area contributed by atoms with Crippen molar-refractivity contribution in [3.05, 3.63) is 39.9 Å². The number of nitrogens with two attached hydrogens (primary N) is 1. The van der Waals surface area contributed by atoms with Gasteiger partial charge in [-0.15, -0.1) is 0 Å². The maximum atomic E-state index is 12.2. The molecule has 6 nitrogen and oxygen atoms in total. The summed E-state index contributed by atoms with van der Waals surface area (Å²) in [4.78, 5) is 17.9. The smallest absolute Gasteiger partial charge is 0.254 e. The molecular weight excluding hydrogens is 310 g/mol. The number of carbonyl (C=O) groups is 1. The van der Waals surface area contributed by atoms with Crippen molar-refractivity contribution in [2.45, 2.75) is 13.5 Å². The molecule has 0 bridgehead atoms. The molecule has 0 aliphatic rings. The van der Waals surface area contributed by atoms with E-state index >= 15 is 0 Å². The number of halogens is 1. The number of hydrogen-bond acceptors (Lipinski definition) is 4. The van der Waals surface area contributed by atoms with Crippen LogP contribution >= 0.6 is 15.9 Å². The quantitative estimate of drug-likeness (QED) is 0.842. The number of aromatic nitrogens is 3. The third-order valence-corrected chi connectivity index (χ3v) is 3.30. The van der Waals surface area contributed by atoms with Crippen LogP contribution in [0.1, 0.15) is 22.0 Å². The van der Waals surface area contributed by atoms with Crippen molar-refractivity contribution < 1.29 is 4.79 Å². The highest BCUT2D eigenvalue weighted by Crippen LogP contribution is 2.21. The number of rotatable bonds is 3. The number of hydrogen-bond donors (Lipinski definition) is 2. The number of nitrogens with zero attached hydrogens (tertiary/aromatic N) is 3. The van der Waals surface area contributed by atoms with Gasteiger partial charge in [0.1, 0.15) is 5.82 Å². The van der Waals surface area contributed by atoms with Gasteiger partial charge in [0.25, 0.3) is 5.91 Å². The van der Waals surface area contributed by atoms with Crippen LogP contribution in [0.4, 0.5) is 5.69 Å². The molecule has 0 spiro atoms. The highest BCUT2D eigenvalue weighted by Gasteiger charge is 2.14. The largest absolute Gasteiger partial charge is 0.398 e. The van der Waals surface area contributed by atoms with Crippen molar-refractivity contribution >= 4 is 27.5 Å². The van der Waals surface area contributed by atoms with Gasteiger partial charge in [0.15, 0.2) is 5.82 Å². The second-order valence-electron chi connectivity index (χ2n) is 4.23. The summed E-state index contributed by atoms with van der Waals surface area (Å²) in [5.74, 6) is 1.21. The van der Waals surface area contributed by atoms with Gasteiger partial charge in [-0.25, -0.2) is 4.98 Å². The Kier molecular flexibility index (Phi) is 3.84. The number of carbonyl (C=O) groups excluding carboxylic acids is 1. The van der Waals surface area contributed by atoms with E-state index in [-0.39, 0.29) is 5.91 Å². The number of aromatic amines is 1. The predicted octanol–water partition coefficient (Wildman–Crippen LogP) is 1.73. The monoisotopic (exact) mass is 323 g/mol. The van der Waals surface area contributed by atoms with Gasteiger partial charge in [0.05, 0.1) is 6.54 Å². The lowest BCUT2D eigenvalue weighted by Gasteiger charge is -2.15. The SMILES string of the molecule is Cc1nc(CN(C)C(=O)c2ccc(N)c(Br)c2)n[nH]1. The molecule has 0 atom stereocenters. The minimum Gasteiger partial charge on any atom is -0.398 e. The molecule has 1 aromatic heterocycles. The Labute approximate surface area is 119 Å². The summed E-state index contributed by atoms with van der Waals surface area (Å²) in [6, 6.07) is 5.10. The second kappa shape index (κ2) is 5.40. The van der Waals surface area contributed by atoms with Crippen molar-refractivity contribution in [1.29, 1.82) is 0 Å². The molecule has 0 saturated carbocycles. The highest BCUT2D eigenvalue weighted by molar-refractivity contribution is 9.10. The molecule has 0 aliphatic carbocycles. The van der Waals surface area contributed by atoms with Gasteiger partial charge in [-0.05, 0) is 41.1 Å². The summed E-state index contributed by atoms with van der Waals surface area (Å²) in [6.45, 7) is 2.17. The highest BCUT2D eigenvalue weighted by atomic mass is 79.9. The third-order valence-electron chi connectivity index (χ3n) is 2.62. The zero-order chi connectivity index (χ0) is 14.0. The molecule has 3 N–H and O–H groups in total. The number of anilines is 1. The average molecular weight is 324 g/mol.